The van der Waals surface area contributed by atoms with Gasteiger partial charge in [-0.3, -0.25) is 4.79 Å². The molecule has 2 heterocycles. The van der Waals surface area contributed by atoms with E-state index in [1.54, 1.807) is 36.2 Å². The molecule has 1 atom stereocenters. The lowest BCUT2D eigenvalue weighted by atomic mass is 9.78. The van der Waals surface area contributed by atoms with E-state index < -0.39 is 6.10 Å². The molecule has 1 spiro atoms. The Hall–Kier alpha value is -3.39. The Morgan fingerprint density at radius 3 is 2.65 bits per heavy atom. The van der Waals surface area contributed by atoms with E-state index in [9.17, 15) is 9.90 Å². The summed E-state index contributed by atoms with van der Waals surface area (Å²) in [5.41, 5.74) is 1.87. The van der Waals surface area contributed by atoms with Crippen LogP contribution in [0.3, 0.4) is 0 Å². The normalized spacial score (nSPS) is 17.6. The van der Waals surface area contributed by atoms with E-state index in [-0.39, 0.29) is 24.5 Å². The quantitative estimate of drug-likeness (QED) is 0.564. The summed E-state index contributed by atoms with van der Waals surface area (Å²) >= 11 is 0. The van der Waals surface area contributed by atoms with Gasteiger partial charge in [-0.05, 0) is 62.1 Å². The Labute approximate surface area is 198 Å². The molecule has 0 radical (unpaired) electrons. The molecule has 0 unspecified atom stereocenters. The van der Waals surface area contributed by atoms with Crippen molar-refractivity contribution in [2.24, 2.45) is 0 Å². The number of carbonyl (C=O) groups is 1. The first-order valence-corrected chi connectivity index (χ1v) is 11.8. The summed E-state index contributed by atoms with van der Waals surface area (Å²) in [5.74, 6) is 2.06. The zero-order valence-corrected chi connectivity index (χ0v) is 19.3. The second kappa shape index (κ2) is 9.46. The van der Waals surface area contributed by atoms with Crippen molar-refractivity contribution in [3.05, 3.63) is 54.2 Å². The zero-order chi connectivity index (χ0) is 23.5. The topological polar surface area (TPSA) is 95.7 Å². The zero-order valence-electron chi connectivity index (χ0n) is 19.3. The van der Waals surface area contributed by atoms with Crippen LogP contribution in [0.15, 0.2) is 48.7 Å². The van der Waals surface area contributed by atoms with Crippen molar-refractivity contribution < 1.29 is 24.1 Å². The number of methoxy groups -OCH3 is 1. The first-order valence-electron chi connectivity index (χ1n) is 11.8. The van der Waals surface area contributed by atoms with E-state index >= 15 is 0 Å². The fourth-order valence-corrected chi connectivity index (χ4v) is 4.78. The van der Waals surface area contributed by atoms with Gasteiger partial charge in [0.15, 0.2) is 5.78 Å². The number of rotatable bonds is 7. The Bertz CT molecular complexity index is 1150. The number of benzene rings is 2. The van der Waals surface area contributed by atoms with Crippen LogP contribution < -0.4 is 14.2 Å². The van der Waals surface area contributed by atoms with Gasteiger partial charge in [-0.25, -0.2) is 4.68 Å². The number of hydrogen-bond acceptors (Lipinski definition) is 7. The molecule has 3 aromatic rings. The number of ketones is 1. The van der Waals surface area contributed by atoms with Gasteiger partial charge < -0.3 is 19.3 Å². The van der Waals surface area contributed by atoms with Crippen molar-refractivity contribution in [2.45, 2.75) is 56.8 Å². The predicted molar refractivity (Wildman–Crippen MR) is 125 cm³/mol. The molecule has 1 aliphatic carbocycles. The SMILES string of the molecule is COc1ccc(-c2cn(C[C@@H](O)COc3ccc4c(c3)OC3(CCCCC3)CC4=O)nn2)cc1. The third-order valence-corrected chi connectivity index (χ3v) is 6.59. The van der Waals surface area contributed by atoms with Crippen LogP contribution in [-0.4, -0.2) is 51.3 Å². The first-order chi connectivity index (χ1) is 16.5. The second-order valence-corrected chi connectivity index (χ2v) is 9.12. The third kappa shape index (κ3) is 4.77. The Morgan fingerprint density at radius 1 is 1.12 bits per heavy atom. The monoisotopic (exact) mass is 463 g/mol. The average molecular weight is 464 g/mol. The van der Waals surface area contributed by atoms with Crippen LogP contribution in [0.2, 0.25) is 0 Å². The maximum absolute atomic E-state index is 12.7. The molecule has 8 heteroatoms. The van der Waals surface area contributed by atoms with Crippen LogP contribution in [0, 0.1) is 0 Å². The fourth-order valence-electron chi connectivity index (χ4n) is 4.78. The average Bonchev–Trinajstić information content (AvgIpc) is 3.31. The maximum Gasteiger partial charge on any atom is 0.170 e. The van der Waals surface area contributed by atoms with Crippen LogP contribution >= 0.6 is 0 Å². The minimum Gasteiger partial charge on any atom is -0.497 e. The van der Waals surface area contributed by atoms with E-state index in [0.29, 0.717) is 29.2 Å². The minimum atomic E-state index is -0.784. The number of aliphatic hydroxyl groups excluding tert-OH is 1. The van der Waals surface area contributed by atoms with Crippen molar-refractivity contribution in [2.75, 3.05) is 13.7 Å². The lowest BCUT2D eigenvalue weighted by Gasteiger charge is -2.40. The van der Waals surface area contributed by atoms with Gasteiger partial charge in [0.05, 0.1) is 31.8 Å². The van der Waals surface area contributed by atoms with Crippen molar-refractivity contribution in [1.29, 1.82) is 0 Å². The van der Waals surface area contributed by atoms with Crippen LogP contribution in [0.4, 0.5) is 0 Å². The Morgan fingerprint density at radius 2 is 1.88 bits per heavy atom. The maximum atomic E-state index is 12.7. The van der Waals surface area contributed by atoms with Gasteiger partial charge in [-0.1, -0.05) is 11.6 Å². The Kier molecular flexibility index (Phi) is 6.24. The molecule has 8 nitrogen and oxygen atoms in total. The molecule has 0 saturated heterocycles. The molecule has 1 saturated carbocycles. The van der Waals surface area contributed by atoms with Gasteiger partial charge in [-0.2, -0.15) is 0 Å². The first kappa shape index (κ1) is 22.4. The van der Waals surface area contributed by atoms with Gasteiger partial charge in [0.2, 0.25) is 0 Å². The number of ether oxygens (including phenoxy) is 3. The summed E-state index contributed by atoms with van der Waals surface area (Å²) in [5, 5.41) is 18.8. The molecule has 0 bridgehead atoms. The molecule has 1 aliphatic heterocycles. The van der Waals surface area contributed by atoms with Crippen LogP contribution in [0.5, 0.6) is 17.2 Å². The highest BCUT2D eigenvalue weighted by Crippen LogP contribution is 2.42. The molecule has 2 aromatic carbocycles. The molecule has 5 rings (SSSR count). The molecule has 2 aliphatic rings. The van der Waals surface area contributed by atoms with Crippen molar-refractivity contribution in [1.82, 2.24) is 15.0 Å². The highest BCUT2D eigenvalue weighted by molar-refractivity contribution is 6.00. The number of fused-ring (bicyclic) bond motifs is 1. The van der Waals surface area contributed by atoms with Crippen molar-refractivity contribution >= 4 is 5.78 Å². The van der Waals surface area contributed by atoms with E-state index in [0.717, 1.165) is 37.0 Å². The summed E-state index contributed by atoms with van der Waals surface area (Å²) in [4.78, 5) is 12.7. The standard InChI is InChI=1S/C26H29N3O5/c1-32-20-7-5-18(6-8-20)23-16-29(28-27-23)15-19(30)17-33-21-9-10-22-24(31)14-26(34-25(22)13-21)11-3-2-4-12-26/h5-10,13,16,19,30H,2-4,11-12,14-15,17H2,1H3/t19-/m1/s1. The minimum absolute atomic E-state index is 0.0790. The summed E-state index contributed by atoms with van der Waals surface area (Å²) in [6.45, 7) is 0.321. The Balaban J connectivity index is 1.19. The number of nitrogens with zero attached hydrogens (tertiary/aromatic N) is 3. The smallest absolute Gasteiger partial charge is 0.170 e. The molecule has 34 heavy (non-hydrogen) atoms. The fraction of sp³-hybridized carbons (Fsp3) is 0.423. The summed E-state index contributed by atoms with van der Waals surface area (Å²) in [6, 6.07) is 12.8. The van der Waals surface area contributed by atoms with E-state index in [4.69, 9.17) is 14.2 Å². The van der Waals surface area contributed by atoms with E-state index in [1.165, 1.54) is 6.42 Å². The number of carbonyl (C=O) groups excluding carboxylic acids is 1. The summed E-state index contributed by atoms with van der Waals surface area (Å²) in [6.07, 6.45) is 6.66. The van der Waals surface area contributed by atoms with Crippen LogP contribution in [-0.2, 0) is 6.54 Å². The number of hydrogen-bond donors (Lipinski definition) is 1. The third-order valence-electron chi connectivity index (χ3n) is 6.59. The molecule has 0 amide bonds. The lowest BCUT2D eigenvalue weighted by molar-refractivity contribution is 0.0132. The summed E-state index contributed by atoms with van der Waals surface area (Å²) < 4.78 is 18.9. The van der Waals surface area contributed by atoms with Gasteiger partial charge in [-0.15, -0.1) is 5.10 Å². The number of Topliss-reactive ketones (excluding diaryl/α,β-unsaturated/α-hetero) is 1. The van der Waals surface area contributed by atoms with Crippen molar-refractivity contribution in [3.63, 3.8) is 0 Å². The number of aliphatic hydroxyl groups is 1. The molecular formula is C26H29N3O5. The molecule has 1 aromatic heterocycles. The van der Waals surface area contributed by atoms with E-state index in [2.05, 4.69) is 10.3 Å². The molecule has 178 valence electrons. The van der Waals surface area contributed by atoms with Crippen LogP contribution in [0.25, 0.3) is 11.3 Å². The second-order valence-electron chi connectivity index (χ2n) is 9.12. The van der Waals surface area contributed by atoms with Gasteiger partial charge in [0, 0.05) is 11.6 Å². The van der Waals surface area contributed by atoms with Gasteiger partial charge in [0.1, 0.15) is 41.3 Å². The molecule has 1 fully saturated rings. The number of aromatic nitrogens is 3. The van der Waals surface area contributed by atoms with Crippen LogP contribution in [0.1, 0.15) is 48.9 Å². The summed E-state index contributed by atoms with van der Waals surface area (Å²) in [7, 11) is 1.62. The van der Waals surface area contributed by atoms with E-state index in [1.807, 2.05) is 24.3 Å². The largest absolute Gasteiger partial charge is 0.497 e. The van der Waals surface area contributed by atoms with Crippen molar-refractivity contribution in [3.8, 4) is 28.5 Å². The van der Waals surface area contributed by atoms with Gasteiger partial charge in [0.25, 0.3) is 0 Å². The molecular weight excluding hydrogens is 434 g/mol. The predicted octanol–water partition coefficient (Wildman–Crippen LogP) is 4.06. The highest BCUT2D eigenvalue weighted by Gasteiger charge is 2.41. The highest BCUT2D eigenvalue weighted by atomic mass is 16.5. The molecule has 1 N–H and O–H groups in total. The van der Waals surface area contributed by atoms with Gasteiger partial charge >= 0.3 is 0 Å². The lowest BCUT2D eigenvalue weighted by Crippen LogP contribution is -2.43.